The summed E-state index contributed by atoms with van der Waals surface area (Å²) < 4.78 is 5.23. The molecule has 1 aliphatic rings. The minimum atomic E-state index is -0.520. The van der Waals surface area contributed by atoms with Crippen molar-refractivity contribution in [1.82, 2.24) is 20.2 Å². The number of rotatable bonds is 3. The summed E-state index contributed by atoms with van der Waals surface area (Å²) in [7, 11) is 0. The van der Waals surface area contributed by atoms with Gasteiger partial charge in [0.05, 0.1) is 22.2 Å². The molecule has 0 atom stereocenters. The Labute approximate surface area is 207 Å². The Morgan fingerprint density at radius 2 is 1.80 bits per heavy atom. The van der Waals surface area contributed by atoms with Crippen LogP contribution in [-0.4, -0.2) is 33.3 Å². The monoisotopic (exact) mass is 486 g/mol. The first-order valence-electron chi connectivity index (χ1n) is 11.4. The topological polar surface area (TPSA) is 115 Å². The molecule has 1 aliphatic heterocycles. The number of oxazole rings is 1. The van der Waals surface area contributed by atoms with E-state index in [1.165, 1.54) is 24.9 Å². The summed E-state index contributed by atoms with van der Waals surface area (Å²) in [5.41, 5.74) is 6.98. The van der Waals surface area contributed by atoms with Gasteiger partial charge in [-0.25, -0.2) is 9.78 Å². The van der Waals surface area contributed by atoms with E-state index in [1.54, 1.807) is 12.1 Å². The lowest BCUT2D eigenvalue weighted by Gasteiger charge is -2.29. The van der Waals surface area contributed by atoms with Gasteiger partial charge < -0.3 is 9.32 Å². The van der Waals surface area contributed by atoms with Crippen LogP contribution in [0.5, 0.6) is 0 Å². The fourth-order valence-electron chi connectivity index (χ4n) is 4.89. The molecule has 1 saturated heterocycles. The molecule has 6 rings (SSSR count). The second-order valence-corrected chi connectivity index (χ2v) is 8.69. The van der Waals surface area contributed by atoms with Gasteiger partial charge >= 0.3 is 5.76 Å². The molecule has 5 aromatic rings. The fraction of sp³-hybridized carbons (Fsp3) is 0.231. The van der Waals surface area contributed by atoms with Crippen molar-refractivity contribution in [3.05, 3.63) is 64.3 Å². The minimum absolute atomic E-state index is 0. The number of nitrogens with one attached hydrogen (secondary N) is 2. The smallest absolute Gasteiger partial charge is 0.408 e. The molecule has 0 bridgehead atoms. The van der Waals surface area contributed by atoms with Crippen LogP contribution in [-0.2, 0) is 0 Å². The van der Waals surface area contributed by atoms with Gasteiger partial charge in [-0.15, -0.1) is 12.4 Å². The second kappa shape index (κ2) is 8.93. The van der Waals surface area contributed by atoms with Gasteiger partial charge in [-0.2, -0.15) is 10.4 Å². The number of hydrogen-bond donors (Lipinski definition) is 2. The minimum Gasteiger partial charge on any atom is -0.408 e. The first-order chi connectivity index (χ1) is 16.6. The lowest BCUT2D eigenvalue weighted by atomic mass is 9.93. The average molecular weight is 487 g/mol. The number of fused-ring (bicyclic) bond motifs is 2. The number of H-pyrrole nitrogens is 2. The molecule has 0 unspecified atom stereocenters. The quantitative estimate of drug-likeness (QED) is 0.356. The van der Waals surface area contributed by atoms with E-state index < -0.39 is 5.76 Å². The lowest BCUT2D eigenvalue weighted by Crippen LogP contribution is -2.29. The molecule has 1 fully saturated rings. The van der Waals surface area contributed by atoms with Gasteiger partial charge in [0, 0.05) is 35.6 Å². The molecule has 8 nitrogen and oxygen atoms in total. The number of piperidine rings is 1. The molecular weight excluding hydrogens is 464 g/mol. The van der Waals surface area contributed by atoms with Crippen molar-refractivity contribution in [2.24, 2.45) is 0 Å². The third-order valence-corrected chi connectivity index (χ3v) is 6.57. The third-order valence-electron chi connectivity index (χ3n) is 6.57. The number of benzene rings is 2. The number of halogens is 1. The van der Waals surface area contributed by atoms with Gasteiger partial charge in [-0.05, 0) is 56.0 Å². The predicted octanol–water partition coefficient (Wildman–Crippen LogP) is 5.32. The van der Waals surface area contributed by atoms with E-state index in [2.05, 4.69) is 50.4 Å². The van der Waals surface area contributed by atoms with Gasteiger partial charge in [0.25, 0.3) is 0 Å². The summed E-state index contributed by atoms with van der Waals surface area (Å²) >= 11 is 0. The van der Waals surface area contributed by atoms with E-state index in [-0.39, 0.29) is 12.4 Å². The molecule has 0 spiro atoms. The highest BCUT2D eigenvalue weighted by atomic mass is 35.5. The molecule has 4 heterocycles. The van der Waals surface area contributed by atoms with Gasteiger partial charge in [0.2, 0.25) is 0 Å². The summed E-state index contributed by atoms with van der Waals surface area (Å²) in [5.74, 6) is -0.520. The molecule has 0 amide bonds. The third kappa shape index (κ3) is 3.84. The highest BCUT2D eigenvalue weighted by Gasteiger charge is 2.22. The number of nitrogens with zero attached hydrogens (tertiary/aromatic N) is 4. The largest absolute Gasteiger partial charge is 0.417 e. The van der Waals surface area contributed by atoms with Crippen LogP contribution in [0.25, 0.3) is 44.5 Å². The van der Waals surface area contributed by atoms with E-state index in [0.717, 1.165) is 35.3 Å². The van der Waals surface area contributed by atoms with E-state index in [4.69, 9.17) is 9.40 Å². The van der Waals surface area contributed by atoms with Gasteiger partial charge in [-0.1, -0.05) is 18.2 Å². The highest BCUT2D eigenvalue weighted by molar-refractivity contribution is 6.01. The maximum Gasteiger partial charge on any atom is 0.417 e. The van der Waals surface area contributed by atoms with Crippen molar-refractivity contribution in [3.8, 4) is 28.5 Å². The zero-order chi connectivity index (χ0) is 23.2. The Balaban J connectivity index is 0.00000253. The summed E-state index contributed by atoms with van der Waals surface area (Å²) in [5, 5.41) is 18.5. The second-order valence-electron chi connectivity index (χ2n) is 8.69. The lowest BCUT2D eigenvalue weighted by molar-refractivity contribution is 0.555. The zero-order valence-corrected chi connectivity index (χ0v) is 19.9. The number of pyridine rings is 1. The van der Waals surface area contributed by atoms with Crippen LogP contribution >= 0.6 is 12.4 Å². The maximum atomic E-state index is 11.6. The molecule has 176 valence electrons. The Morgan fingerprint density at radius 3 is 2.54 bits per heavy atom. The van der Waals surface area contributed by atoms with Gasteiger partial charge in [0.15, 0.2) is 11.2 Å². The summed E-state index contributed by atoms with van der Waals surface area (Å²) in [6.45, 7) is 4.08. The van der Waals surface area contributed by atoms with Crippen LogP contribution < -0.4 is 10.7 Å². The van der Waals surface area contributed by atoms with Crippen LogP contribution in [0.15, 0.2) is 51.7 Å². The SMILES string of the molecule is Cc1[nH]nc2nc(-c3ccc4[nH]c(=O)oc4c3)c(C#N)c(-c3ccc(N4CCCCC4)cc3)c12.Cl. The summed E-state index contributed by atoms with van der Waals surface area (Å²) in [6.07, 6.45) is 3.72. The van der Waals surface area contributed by atoms with Crippen molar-refractivity contribution in [3.63, 3.8) is 0 Å². The molecular formula is C26H23ClN6O2. The highest BCUT2D eigenvalue weighted by Crippen LogP contribution is 2.38. The van der Waals surface area contributed by atoms with Crippen molar-refractivity contribution < 1.29 is 4.42 Å². The molecule has 3 aromatic heterocycles. The summed E-state index contributed by atoms with van der Waals surface area (Å²) in [4.78, 5) is 21.4. The zero-order valence-electron chi connectivity index (χ0n) is 19.1. The van der Waals surface area contributed by atoms with E-state index >= 15 is 0 Å². The molecule has 0 aliphatic carbocycles. The first-order valence-corrected chi connectivity index (χ1v) is 11.4. The van der Waals surface area contributed by atoms with E-state index in [9.17, 15) is 10.1 Å². The van der Waals surface area contributed by atoms with Crippen LogP contribution in [0.4, 0.5) is 5.69 Å². The Morgan fingerprint density at radius 1 is 1.06 bits per heavy atom. The fourth-order valence-corrected chi connectivity index (χ4v) is 4.89. The van der Waals surface area contributed by atoms with Gasteiger partial charge in [-0.3, -0.25) is 10.1 Å². The maximum absolute atomic E-state index is 11.6. The standard InChI is InChI=1S/C26H22N6O2.ClH/c1-15-22-23(16-5-8-18(9-6-16)32-11-3-2-4-12-32)19(14-27)24(29-25(22)31-30-15)17-7-10-20-21(13-17)34-26(33)28-20;/h5-10,13H,2-4,11-12H2,1H3,(H,28,33)(H,29,30,31);1H. The number of anilines is 1. The Bertz CT molecular complexity index is 1640. The van der Waals surface area contributed by atoms with Crippen molar-refractivity contribution in [2.75, 3.05) is 18.0 Å². The van der Waals surface area contributed by atoms with Crippen molar-refractivity contribution >= 4 is 40.2 Å². The van der Waals surface area contributed by atoms with Crippen molar-refractivity contribution in [1.29, 1.82) is 5.26 Å². The molecule has 35 heavy (non-hydrogen) atoms. The molecule has 2 aromatic carbocycles. The molecule has 0 saturated carbocycles. The average Bonchev–Trinajstić information content (AvgIpc) is 3.44. The number of nitriles is 1. The van der Waals surface area contributed by atoms with Gasteiger partial charge in [0.1, 0.15) is 6.07 Å². The van der Waals surface area contributed by atoms with Crippen LogP contribution in [0.2, 0.25) is 0 Å². The predicted molar refractivity (Wildman–Crippen MR) is 138 cm³/mol. The number of aromatic amines is 2. The molecule has 2 N–H and O–H groups in total. The number of aryl methyl sites for hydroxylation is 1. The van der Waals surface area contributed by atoms with Crippen LogP contribution in [0, 0.1) is 18.3 Å². The number of hydrogen-bond acceptors (Lipinski definition) is 6. The Hall–Kier alpha value is -4.09. The molecule has 9 heteroatoms. The van der Waals surface area contributed by atoms with Crippen LogP contribution in [0.3, 0.4) is 0 Å². The van der Waals surface area contributed by atoms with E-state index in [1.807, 2.05) is 13.0 Å². The first kappa shape index (κ1) is 22.7. The van der Waals surface area contributed by atoms with Crippen LogP contribution in [0.1, 0.15) is 30.5 Å². The normalized spacial score (nSPS) is 13.7. The van der Waals surface area contributed by atoms with Crippen molar-refractivity contribution in [2.45, 2.75) is 26.2 Å². The summed E-state index contributed by atoms with van der Waals surface area (Å²) in [6, 6.07) is 16.1. The Kier molecular flexibility index (Phi) is 5.79. The molecule has 0 radical (unpaired) electrons. The number of aromatic nitrogens is 4. The van der Waals surface area contributed by atoms with E-state index in [0.29, 0.717) is 33.6 Å².